The van der Waals surface area contributed by atoms with Gasteiger partial charge in [-0.3, -0.25) is 10.00 Å². The Morgan fingerprint density at radius 1 is 1.24 bits per heavy atom. The van der Waals surface area contributed by atoms with Crippen LogP contribution in [0, 0.1) is 0 Å². The van der Waals surface area contributed by atoms with Gasteiger partial charge in [-0.2, -0.15) is 5.10 Å². The molecule has 0 amide bonds. The molecule has 8 nitrogen and oxygen atoms in total. The lowest BCUT2D eigenvalue weighted by atomic mass is 10.0. The molecule has 0 fully saturated rings. The highest BCUT2D eigenvalue weighted by Crippen LogP contribution is 2.38. The summed E-state index contributed by atoms with van der Waals surface area (Å²) in [7, 11) is 0. The number of benzene rings is 1. The Kier molecular flexibility index (Phi) is 5.11. The summed E-state index contributed by atoms with van der Waals surface area (Å²) in [6.45, 7) is 4.67. The summed E-state index contributed by atoms with van der Waals surface area (Å²) in [6, 6.07) is 6.13. The van der Waals surface area contributed by atoms with Crippen LogP contribution in [0.25, 0.3) is 21.1 Å². The van der Waals surface area contributed by atoms with Crippen molar-refractivity contribution in [1.82, 2.24) is 30.4 Å². The molecule has 0 radical (unpaired) electrons. The molecule has 150 valence electrons. The fourth-order valence-electron chi connectivity index (χ4n) is 3.86. The largest absolute Gasteiger partial charge is 0.395 e. The van der Waals surface area contributed by atoms with E-state index in [4.69, 9.17) is 5.11 Å². The fourth-order valence-corrected chi connectivity index (χ4v) is 5.09. The summed E-state index contributed by atoms with van der Waals surface area (Å²) >= 11 is 1.77. The molecule has 1 aliphatic rings. The maximum absolute atomic E-state index is 8.89. The van der Waals surface area contributed by atoms with Crippen LogP contribution in [-0.2, 0) is 13.0 Å². The molecule has 0 aliphatic carbocycles. The van der Waals surface area contributed by atoms with Gasteiger partial charge in [0, 0.05) is 48.7 Å². The molecule has 9 heteroatoms. The number of nitrogens with one attached hydrogen (secondary N) is 3. The van der Waals surface area contributed by atoms with E-state index >= 15 is 0 Å². The first-order chi connectivity index (χ1) is 14.3. The molecule has 0 saturated carbocycles. The van der Waals surface area contributed by atoms with Crippen LogP contribution >= 0.6 is 11.3 Å². The lowest BCUT2D eigenvalue weighted by Gasteiger charge is -2.27. The Labute approximate surface area is 172 Å². The van der Waals surface area contributed by atoms with Crippen LogP contribution in [0.3, 0.4) is 0 Å². The molecule has 3 aromatic heterocycles. The molecular weight excluding hydrogens is 386 g/mol. The second-order valence-electron chi connectivity index (χ2n) is 7.20. The zero-order chi connectivity index (χ0) is 19.6. The van der Waals surface area contributed by atoms with Crippen molar-refractivity contribution in [2.75, 3.05) is 38.1 Å². The highest BCUT2D eigenvalue weighted by atomic mass is 32.1. The lowest BCUT2D eigenvalue weighted by molar-refractivity contribution is 0.248. The van der Waals surface area contributed by atoms with E-state index < -0.39 is 0 Å². The van der Waals surface area contributed by atoms with Crippen molar-refractivity contribution < 1.29 is 5.11 Å². The van der Waals surface area contributed by atoms with Gasteiger partial charge in [-0.05, 0) is 30.2 Å². The molecule has 0 saturated heterocycles. The van der Waals surface area contributed by atoms with Crippen LogP contribution in [0.1, 0.15) is 10.4 Å². The first-order valence-electron chi connectivity index (χ1n) is 9.81. The predicted molar refractivity (Wildman–Crippen MR) is 116 cm³/mol. The Morgan fingerprint density at radius 2 is 2.21 bits per heavy atom. The van der Waals surface area contributed by atoms with E-state index in [9.17, 15) is 0 Å². The molecule has 0 atom stereocenters. The van der Waals surface area contributed by atoms with Gasteiger partial charge in [0.2, 0.25) is 0 Å². The van der Waals surface area contributed by atoms with Crippen LogP contribution in [0.2, 0.25) is 0 Å². The van der Waals surface area contributed by atoms with Gasteiger partial charge in [0.15, 0.2) is 0 Å². The zero-order valence-corrected chi connectivity index (χ0v) is 16.8. The summed E-state index contributed by atoms with van der Waals surface area (Å²) in [4.78, 5) is 14.0. The fraction of sp³-hybridized carbons (Fsp3) is 0.350. The third-order valence-electron chi connectivity index (χ3n) is 5.31. The summed E-state index contributed by atoms with van der Waals surface area (Å²) in [5.74, 6) is 0.869. The van der Waals surface area contributed by atoms with Crippen LogP contribution in [-0.4, -0.2) is 63.0 Å². The highest BCUT2D eigenvalue weighted by Gasteiger charge is 2.23. The Morgan fingerprint density at radius 3 is 3.14 bits per heavy atom. The van der Waals surface area contributed by atoms with Crippen molar-refractivity contribution in [3.05, 3.63) is 41.2 Å². The number of nitrogens with zero attached hydrogens (tertiary/aromatic N) is 4. The monoisotopic (exact) mass is 409 g/mol. The molecule has 0 spiro atoms. The van der Waals surface area contributed by atoms with Gasteiger partial charge in [-0.1, -0.05) is 0 Å². The van der Waals surface area contributed by atoms with Crippen LogP contribution < -0.4 is 10.6 Å². The second kappa shape index (κ2) is 8.03. The SMILES string of the molecule is OCCNCCN1CCc2c(sc3ncnc(Nc4ccc5[nH]ncc5c4)c23)C1. The summed E-state index contributed by atoms with van der Waals surface area (Å²) < 4.78 is 0. The number of aliphatic hydroxyl groups is 1. The summed E-state index contributed by atoms with van der Waals surface area (Å²) in [5, 5.41) is 24.9. The van der Waals surface area contributed by atoms with E-state index in [0.717, 1.165) is 65.2 Å². The number of H-pyrrole nitrogens is 1. The number of aliphatic hydroxyl groups excluding tert-OH is 1. The normalized spacial score (nSPS) is 14.5. The molecule has 1 aliphatic heterocycles. The molecule has 1 aromatic carbocycles. The first-order valence-corrected chi connectivity index (χ1v) is 10.6. The quantitative estimate of drug-likeness (QED) is 0.347. The van der Waals surface area contributed by atoms with Crippen molar-refractivity contribution in [1.29, 1.82) is 0 Å². The number of anilines is 2. The minimum atomic E-state index is 0.183. The van der Waals surface area contributed by atoms with Crippen LogP contribution in [0.15, 0.2) is 30.7 Å². The van der Waals surface area contributed by atoms with Crippen LogP contribution in [0.4, 0.5) is 11.5 Å². The van der Waals surface area contributed by atoms with Gasteiger partial charge in [0.25, 0.3) is 0 Å². The lowest BCUT2D eigenvalue weighted by Crippen LogP contribution is -2.36. The molecule has 29 heavy (non-hydrogen) atoms. The topological polar surface area (TPSA) is 102 Å². The number of thiophene rings is 1. The number of hydrogen-bond acceptors (Lipinski definition) is 8. The maximum atomic E-state index is 8.89. The Hall–Kier alpha value is -2.59. The minimum absolute atomic E-state index is 0.183. The number of rotatable bonds is 7. The average Bonchev–Trinajstić information content (AvgIpc) is 3.35. The Balaban J connectivity index is 1.39. The smallest absolute Gasteiger partial charge is 0.142 e. The van der Waals surface area contributed by atoms with Crippen LogP contribution in [0.5, 0.6) is 0 Å². The first kappa shape index (κ1) is 18.4. The van der Waals surface area contributed by atoms with Gasteiger partial charge in [0.05, 0.1) is 23.7 Å². The van der Waals surface area contributed by atoms with Gasteiger partial charge in [-0.25, -0.2) is 9.97 Å². The van der Waals surface area contributed by atoms with E-state index in [2.05, 4.69) is 41.8 Å². The minimum Gasteiger partial charge on any atom is -0.395 e. The van der Waals surface area contributed by atoms with E-state index in [1.807, 2.05) is 18.3 Å². The van der Waals surface area contributed by atoms with Gasteiger partial charge in [0.1, 0.15) is 17.0 Å². The van der Waals surface area contributed by atoms with E-state index in [1.165, 1.54) is 10.4 Å². The van der Waals surface area contributed by atoms with Gasteiger partial charge in [-0.15, -0.1) is 11.3 Å². The molecule has 5 rings (SSSR count). The molecule has 4 aromatic rings. The molecule has 4 N–H and O–H groups in total. The number of aromatic nitrogens is 4. The average molecular weight is 410 g/mol. The van der Waals surface area contributed by atoms with Crippen molar-refractivity contribution in [2.45, 2.75) is 13.0 Å². The van der Waals surface area contributed by atoms with Crippen molar-refractivity contribution in [3.8, 4) is 0 Å². The van der Waals surface area contributed by atoms with Crippen molar-refractivity contribution >= 4 is 44.0 Å². The predicted octanol–water partition coefficient (Wildman–Crippen LogP) is 2.25. The second-order valence-corrected chi connectivity index (χ2v) is 8.29. The van der Waals surface area contributed by atoms with Gasteiger partial charge < -0.3 is 15.7 Å². The molecule has 0 bridgehead atoms. The highest BCUT2D eigenvalue weighted by molar-refractivity contribution is 7.19. The number of aromatic amines is 1. The number of hydrogen-bond donors (Lipinski definition) is 4. The van der Waals surface area contributed by atoms with E-state index in [1.54, 1.807) is 17.7 Å². The molecular formula is C20H23N7OS. The standard InChI is InChI=1S/C20H23N7OS/c28-8-5-21-4-7-27-6-3-15-17(11-27)29-20-18(15)19(22-12-23-20)25-14-1-2-16-13(9-14)10-24-26-16/h1-2,9-10,12,21,28H,3-8,11H2,(H,24,26)(H,22,23,25). The summed E-state index contributed by atoms with van der Waals surface area (Å²) in [6.07, 6.45) is 4.46. The number of fused-ring (bicyclic) bond motifs is 4. The molecule has 4 heterocycles. The maximum Gasteiger partial charge on any atom is 0.142 e. The molecule has 0 unspecified atom stereocenters. The zero-order valence-electron chi connectivity index (χ0n) is 16.0. The van der Waals surface area contributed by atoms with E-state index in [-0.39, 0.29) is 6.61 Å². The summed E-state index contributed by atoms with van der Waals surface area (Å²) in [5.41, 5.74) is 3.38. The Bertz CT molecular complexity index is 1140. The third-order valence-corrected chi connectivity index (χ3v) is 6.44. The van der Waals surface area contributed by atoms with E-state index in [0.29, 0.717) is 6.54 Å². The van der Waals surface area contributed by atoms with Crippen molar-refractivity contribution in [2.24, 2.45) is 0 Å². The van der Waals surface area contributed by atoms with Crippen molar-refractivity contribution in [3.63, 3.8) is 0 Å². The third kappa shape index (κ3) is 3.69. The van der Waals surface area contributed by atoms with Gasteiger partial charge >= 0.3 is 0 Å².